The van der Waals surface area contributed by atoms with Gasteiger partial charge in [-0.25, -0.2) is 0 Å². The number of primary amides is 1. The molecule has 0 saturated heterocycles. The number of phenols is 1. The van der Waals surface area contributed by atoms with Gasteiger partial charge < -0.3 is 21.9 Å². The average Bonchev–Trinajstić information content (AvgIpc) is 2.30. The second-order valence-corrected chi connectivity index (χ2v) is 4.56. The normalized spacial score (nSPS) is 13.6. The number of carbonyl (C=O) groups excluding carboxylic acids is 2. The fourth-order valence-corrected chi connectivity index (χ4v) is 1.68. The number of aromatic hydroxyl groups is 1. The molecule has 0 aromatic heterocycles. The molecule has 0 aliphatic rings. The third-order valence-corrected chi connectivity index (χ3v) is 2.62. The zero-order valence-electron chi connectivity index (χ0n) is 10.8. The molecule has 0 spiro atoms. The maximum atomic E-state index is 11.8. The smallest absolute Gasteiger partial charge is 0.237 e. The summed E-state index contributed by atoms with van der Waals surface area (Å²) in [5.41, 5.74) is 11.7. The lowest BCUT2D eigenvalue weighted by atomic mass is 10.1. The summed E-state index contributed by atoms with van der Waals surface area (Å²) in [5.74, 6) is -0.640. The molecular formula is C13H19N3O3. The molecule has 6 heteroatoms. The first-order chi connectivity index (χ1) is 8.88. The molecule has 0 fully saturated rings. The Morgan fingerprint density at radius 2 is 1.89 bits per heavy atom. The van der Waals surface area contributed by atoms with E-state index in [2.05, 4.69) is 5.32 Å². The second-order valence-electron chi connectivity index (χ2n) is 4.56. The van der Waals surface area contributed by atoms with Crippen molar-refractivity contribution in [1.29, 1.82) is 0 Å². The lowest BCUT2D eigenvalue weighted by Crippen LogP contribution is -2.46. The van der Waals surface area contributed by atoms with Gasteiger partial charge in [0.05, 0.1) is 6.04 Å². The first kappa shape index (κ1) is 15.0. The van der Waals surface area contributed by atoms with Crippen LogP contribution in [0.25, 0.3) is 0 Å². The van der Waals surface area contributed by atoms with Crippen molar-refractivity contribution in [3.8, 4) is 5.75 Å². The number of carbonyl (C=O) groups is 2. The lowest BCUT2D eigenvalue weighted by molar-refractivity contribution is -0.123. The standard InChI is InChI=1S/C13H19N3O3/c1-8(6-12(15)18)16-13(19)11(14)7-9-2-4-10(17)5-3-9/h2-5,8,11,17H,6-7,14H2,1H3,(H2,15,18)(H,16,19)/t8?,11-/m0/s1. The van der Waals surface area contributed by atoms with Gasteiger partial charge in [0, 0.05) is 12.5 Å². The monoisotopic (exact) mass is 265 g/mol. The Morgan fingerprint density at radius 1 is 1.32 bits per heavy atom. The summed E-state index contributed by atoms with van der Waals surface area (Å²) in [6.07, 6.45) is 0.438. The Hall–Kier alpha value is -2.08. The van der Waals surface area contributed by atoms with E-state index >= 15 is 0 Å². The van der Waals surface area contributed by atoms with Gasteiger partial charge >= 0.3 is 0 Å². The molecule has 6 nitrogen and oxygen atoms in total. The minimum absolute atomic E-state index is 0.0810. The van der Waals surface area contributed by atoms with Gasteiger partial charge in [0.25, 0.3) is 0 Å². The van der Waals surface area contributed by atoms with E-state index in [1.54, 1.807) is 19.1 Å². The predicted octanol–water partition coefficient (Wildman–Crippen LogP) is -0.358. The highest BCUT2D eigenvalue weighted by atomic mass is 16.3. The van der Waals surface area contributed by atoms with Crippen molar-refractivity contribution in [2.24, 2.45) is 11.5 Å². The summed E-state index contributed by atoms with van der Waals surface area (Å²) in [5, 5.41) is 11.8. The van der Waals surface area contributed by atoms with Crippen molar-refractivity contribution >= 4 is 11.8 Å². The SMILES string of the molecule is CC(CC(N)=O)NC(=O)[C@@H](N)Cc1ccc(O)cc1. The fraction of sp³-hybridized carbons (Fsp3) is 0.385. The molecule has 1 aromatic carbocycles. The van der Waals surface area contributed by atoms with Crippen molar-refractivity contribution in [2.75, 3.05) is 0 Å². The van der Waals surface area contributed by atoms with Crippen LogP contribution < -0.4 is 16.8 Å². The zero-order chi connectivity index (χ0) is 14.4. The van der Waals surface area contributed by atoms with Crippen LogP contribution in [0.5, 0.6) is 5.75 Å². The van der Waals surface area contributed by atoms with Crippen LogP contribution in [0, 0.1) is 0 Å². The first-order valence-electron chi connectivity index (χ1n) is 6.00. The quantitative estimate of drug-likeness (QED) is 0.561. The highest BCUT2D eigenvalue weighted by Gasteiger charge is 2.17. The molecule has 0 bridgehead atoms. The van der Waals surface area contributed by atoms with E-state index in [4.69, 9.17) is 16.6 Å². The third kappa shape index (κ3) is 5.39. The summed E-state index contributed by atoms with van der Waals surface area (Å²) in [7, 11) is 0. The fourth-order valence-electron chi connectivity index (χ4n) is 1.68. The van der Waals surface area contributed by atoms with Crippen LogP contribution in [-0.2, 0) is 16.0 Å². The Bertz CT molecular complexity index is 445. The maximum Gasteiger partial charge on any atom is 0.237 e. The Morgan fingerprint density at radius 3 is 2.42 bits per heavy atom. The summed E-state index contributed by atoms with van der Waals surface area (Å²) in [6.45, 7) is 1.69. The van der Waals surface area contributed by atoms with Crippen molar-refractivity contribution in [2.45, 2.75) is 31.8 Å². The molecule has 0 heterocycles. The van der Waals surface area contributed by atoms with Crippen LogP contribution in [0.15, 0.2) is 24.3 Å². The topological polar surface area (TPSA) is 118 Å². The van der Waals surface area contributed by atoms with Crippen molar-refractivity contribution in [1.82, 2.24) is 5.32 Å². The van der Waals surface area contributed by atoms with E-state index in [9.17, 15) is 9.59 Å². The van der Waals surface area contributed by atoms with E-state index in [-0.39, 0.29) is 24.1 Å². The number of hydrogen-bond acceptors (Lipinski definition) is 4. The van der Waals surface area contributed by atoms with Gasteiger partial charge in [-0.3, -0.25) is 9.59 Å². The molecule has 1 rings (SSSR count). The van der Waals surface area contributed by atoms with E-state index in [0.29, 0.717) is 6.42 Å². The van der Waals surface area contributed by atoms with Gasteiger partial charge in [-0.15, -0.1) is 0 Å². The molecule has 2 atom stereocenters. The number of phenolic OH excluding ortho intramolecular Hbond substituents is 1. The Balaban J connectivity index is 2.48. The van der Waals surface area contributed by atoms with Crippen LogP contribution in [-0.4, -0.2) is 29.0 Å². The summed E-state index contributed by atoms with van der Waals surface area (Å²) >= 11 is 0. The summed E-state index contributed by atoms with van der Waals surface area (Å²) < 4.78 is 0. The number of hydrogen-bond donors (Lipinski definition) is 4. The highest BCUT2D eigenvalue weighted by molar-refractivity contribution is 5.83. The van der Waals surface area contributed by atoms with Gasteiger partial charge in [-0.05, 0) is 31.0 Å². The summed E-state index contributed by atoms with van der Waals surface area (Å²) in [6, 6.07) is 5.44. The van der Waals surface area contributed by atoms with E-state index in [1.807, 2.05) is 0 Å². The van der Waals surface area contributed by atoms with Crippen molar-refractivity contribution in [3.63, 3.8) is 0 Å². The maximum absolute atomic E-state index is 11.8. The number of amides is 2. The van der Waals surface area contributed by atoms with Crippen molar-refractivity contribution < 1.29 is 14.7 Å². The van der Waals surface area contributed by atoms with Gasteiger partial charge in [0.15, 0.2) is 0 Å². The minimum atomic E-state index is -0.708. The number of nitrogens with one attached hydrogen (secondary N) is 1. The van der Waals surface area contributed by atoms with E-state index in [1.165, 1.54) is 12.1 Å². The minimum Gasteiger partial charge on any atom is -0.508 e. The molecule has 1 unspecified atom stereocenters. The zero-order valence-corrected chi connectivity index (χ0v) is 10.8. The lowest BCUT2D eigenvalue weighted by Gasteiger charge is -2.16. The second kappa shape index (κ2) is 6.75. The van der Waals surface area contributed by atoms with Crippen LogP contribution in [0.4, 0.5) is 0 Å². The molecule has 0 aliphatic carbocycles. The Labute approximate surface area is 111 Å². The van der Waals surface area contributed by atoms with E-state index in [0.717, 1.165) is 5.56 Å². The highest BCUT2D eigenvalue weighted by Crippen LogP contribution is 2.10. The molecule has 2 amide bonds. The molecule has 0 saturated carbocycles. The van der Waals surface area contributed by atoms with Crippen LogP contribution in [0.2, 0.25) is 0 Å². The first-order valence-corrected chi connectivity index (χ1v) is 6.00. The molecule has 6 N–H and O–H groups in total. The van der Waals surface area contributed by atoms with Gasteiger partial charge in [0.2, 0.25) is 11.8 Å². The number of benzene rings is 1. The molecule has 0 radical (unpaired) electrons. The largest absolute Gasteiger partial charge is 0.508 e. The van der Waals surface area contributed by atoms with Gasteiger partial charge in [-0.2, -0.15) is 0 Å². The van der Waals surface area contributed by atoms with Crippen LogP contribution >= 0.6 is 0 Å². The average molecular weight is 265 g/mol. The van der Waals surface area contributed by atoms with Crippen LogP contribution in [0.3, 0.4) is 0 Å². The van der Waals surface area contributed by atoms with Crippen LogP contribution in [0.1, 0.15) is 18.9 Å². The molecule has 1 aromatic rings. The molecule has 0 aliphatic heterocycles. The third-order valence-electron chi connectivity index (χ3n) is 2.62. The number of nitrogens with two attached hydrogens (primary N) is 2. The van der Waals surface area contributed by atoms with Gasteiger partial charge in [-0.1, -0.05) is 12.1 Å². The van der Waals surface area contributed by atoms with E-state index < -0.39 is 11.9 Å². The van der Waals surface area contributed by atoms with Gasteiger partial charge in [0.1, 0.15) is 5.75 Å². The van der Waals surface area contributed by atoms with Crippen molar-refractivity contribution in [3.05, 3.63) is 29.8 Å². The molecular weight excluding hydrogens is 246 g/mol. The molecule has 19 heavy (non-hydrogen) atoms. The predicted molar refractivity (Wildman–Crippen MR) is 71.2 cm³/mol. The number of rotatable bonds is 6. The molecule has 104 valence electrons. The summed E-state index contributed by atoms with van der Waals surface area (Å²) in [4.78, 5) is 22.5. The Kier molecular flexibility index (Phi) is 5.32.